The van der Waals surface area contributed by atoms with Crippen LogP contribution in [0.2, 0.25) is 0 Å². The smallest absolute Gasteiger partial charge is 0.144 e. The van der Waals surface area contributed by atoms with E-state index in [1.165, 1.54) is 10.9 Å². The zero-order valence-corrected chi connectivity index (χ0v) is 12.2. The van der Waals surface area contributed by atoms with E-state index in [4.69, 9.17) is 4.74 Å². The maximum atomic E-state index is 6.30. The Hall–Kier alpha value is -2.26. The molecule has 0 saturated heterocycles. The molecule has 0 saturated carbocycles. The molecule has 3 rings (SSSR count). The third-order valence-corrected chi connectivity index (χ3v) is 3.65. The van der Waals surface area contributed by atoms with Crippen molar-refractivity contribution in [3.8, 4) is 5.75 Å². The molecule has 1 aromatic heterocycles. The van der Waals surface area contributed by atoms with E-state index in [-0.39, 0.29) is 6.10 Å². The molecule has 0 radical (unpaired) electrons. The van der Waals surface area contributed by atoms with Crippen LogP contribution in [-0.4, -0.2) is 18.6 Å². The first-order valence-corrected chi connectivity index (χ1v) is 7.31. The lowest BCUT2D eigenvalue weighted by Crippen LogP contribution is -2.16. The van der Waals surface area contributed by atoms with Gasteiger partial charge in [-0.3, -0.25) is 0 Å². The van der Waals surface area contributed by atoms with Gasteiger partial charge in [-0.05, 0) is 31.3 Å². The second-order valence-electron chi connectivity index (χ2n) is 5.11. The highest BCUT2D eigenvalue weighted by atomic mass is 16.5. The average molecular weight is 280 g/mol. The van der Waals surface area contributed by atoms with Gasteiger partial charge in [0.1, 0.15) is 11.9 Å². The van der Waals surface area contributed by atoms with Crippen molar-refractivity contribution in [3.63, 3.8) is 0 Å². The molecule has 0 unspecified atom stereocenters. The van der Waals surface area contributed by atoms with Gasteiger partial charge in [0.2, 0.25) is 0 Å². The largest absolute Gasteiger partial charge is 0.483 e. The minimum atomic E-state index is 0.0487. The van der Waals surface area contributed by atoms with Crippen LogP contribution in [0.3, 0.4) is 0 Å². The third-order valence-electron chi connectivity index (χ3n) is 3.65. The molecule has 0 spiro atoms. The highest BCUT2D eigenvalue weighted by Crippen LogP contribution is 2.30. The number of rotatable bonds is 6. The number of nitrogens with one attached hydrogen (secondary N) is 2. The maximum absolute atomic E-state index is 6.30. The monoisotopic (exact) mass is 280 g/mol. The fraction of sp³-hybridized carbons (Fsp3) is 0.222. The van der Waals surface area contributed by atoms with Gasteiger partial charge >= 0.3 is 0 Å². The number of hydrogen-bond donors (Lipinski definition) is 2. The molecule has 2 N–H and O–H groups in total. The van der Waals surface area contributed by atoms with Gasteiger partial charge < -0.3 is 15.0 Å². The van der Waals surface area contributed by atoms with Crippen molar-refractivity contribution in [1.82, 2.24) is 10.3 Å². The summed E-state index contributed by atoms with van der Waals surface area (Å²) in [6, 6.07) is 18.6. The lowest BCUT2D eigenvalue weighted by molar-refractivity contribution is 0.197. The summed E-state index contributed by atoms with van der Waals surface area (Å²) in [7, 11) is 1.97. The Morgan fingerprint density at radius 3 is 2.71 bits per heavy atom. The van der Waals surface area contributed by atoms with Crippen molar-refractivity contribution >= 4 is 10.9 Å². The van der Waals surface area contributed by atoms with Gasteiger partial charge in [0, 0.05) is 18.0 Å². The van der Waals surface area contributed by atoms with Crippen LogP contribution >= 0.6 is 0 Å². The number of para-hydroxylation sites is 1. The predicted octanol–water partition coefficient (Wildman–Crippen LogP) is 3.90. The first-order chi connectivity index (χ1) is 10.4. The minimum Gasteiger partial charge on any atom is -0.483 e. The Balaban J connectivity index is 1.89. The summed E-state index contributed by atoms with van der Waals surface area (Å²) in [6.45, 7) is 0.917. The van der Waals surface area contributed by atoms with E-state index in [0.717, 1.165) is 24.2 Å². The lowest BCUT2D eigenvalue weighted by atomic mass is 10.1. The van der Waals surface area contributed by atoms with E-state index in [9.17, 15) is 0 Å². The molecule has 1 atom stereocenters. The van der Waals surface area contributed by atoms with Crippen LogP contribution in [-0.2, 0) is 0 Å². The predicted molar refractivity (Wildman–Crippen MR) is 86.7 cm³/mol. The number of ether oxygens (including phenoxy) is 1. The minimum absolute atomic E-state index is 0.0487. The molecular weight excluding hydrogens is 260 g/mol. The first-order valence-electron chi connectivity index (χ1n) is 7.31. The zero-order valence-electron chi connectivity index (χ0n) is 12.2. The molecule has 21 heavy (non-hydrogen) atoms. The molecule has 108 valence electrons. The summed E-state index contributed by atoms with van der Waals surface area (Å²) >= 11 is 0. The molecule has 0 aliphatic rings. The van der Waals surface area contributed by atoms with Gasteiger partial charge in [-0.15, -0.1) is 0 Å². The van der Waals surface area contributed by atoms with Crippen LogP contribution in [0.1, 0.15) is 18.1 Å². The van der Waals surface area contributed by atoms with Gasteiger partial charge in [-0.1, -0.05) is 42.5 Å². The van der Waals surface area contributed by atoms with Crippen molar-refractivity contribution in [1.29, 1.82) is 0 Å². The third kappa shape index (κ3) is 3.09. The number of hydrogen-bond acceptors (Lipinski definition) is 2. The zero-order chi connectivity index (χ0) is 14.5. The second kappa shape index (κ2) is 6.46. The SMILES string of the molecule is CNCC[C@@H](Oc1cccc2cc[nH]c12)c1ccccc1. The fourth-order valence-electron chi connectivity index (χ4n) is 2.54. The highest BCUT2D eigenvalue weighted by Gasteiger charge is 2.14. The Kier molecular flexibility index (Phi) is 4.22. The Labute approximate surface area is 125 Å². The van der Waals surface area contributed by atoms with E-state index >= 15 is 0 Å². The van der Waals surface area contributed by atoms with Crippen LogP contribution in [0.5, 0.6) is 5.75 Å². The molecule has 0 bridgehead atoms. The number of fused-ring (bicyclic) bond motifs is 1. The topological polar surface area (TPSA) is 37.0 Å². The molecular formula is C18H20N2O. The van der Waals surface area contributed by atoms with Gasteiger partial charge in [0.15, 0.2) is 0 Å². The molecule has 0 aliphatic heterocycles. The molecule has 0 aliphatic carbocycles. The van der Waals surface area contributed by atoms with Gasteiger partial charge in [-0.25, -0.2) is 0 Å². The average Bonchev–Trinajstić information content (AvgIpc) is 3.01. The Morgan fingerprint density at radius 1 is 1.05 bits per heavy atom. The molecule has 2 aromatic carbocycles. The van der Waals surface area contributed by atoms with Crippen molar-refractivity contribution in [2.24, 2.45) is 0 Å². The summed E-state index contributed by atoms with van der Waals surface area (Å²) in [6.07, 6.45) is 2.92. The van der Waals surface area contributed by atoms with Crippen molar-refractivity contribution < 1.29 is 4.74 Å². The number of benzene rings is 2. The Morgan fingerprint density at radius 2 is 1.90 bits per heavy atom. The number of aromatic nitrogens is 1. The maximum Gasteiger partial charge on any atom is 0.144 e. The Bertz CT molecular complexity index is 691. The summed E-state index contributed by atoms with van der Waals surface area (Å²) < 4.78 is 6.30. The van der Waals surface area contributed by atoms with Crippen LogP contribution < -0.4 is 10.1 Å². The first kappa shape index (κ1) is 13.7. The van der Waals surface area contributed by atoms with E-state index in [0.29, 0.717) is 0 Å². The molecule has 3 nitrogen and oxygen atoms in total. The van der Waals surface area contributed by atoms with Gasteiger partial charge in [0.05, 0.1) is 5.52 Å². The van der Waals surface area contributed by atoms with Crippen molar-refractivity contribution in [3.05, 3.63) is 66.4 Å². The van der Waals surface area contributed by atoms with Crippen molar-refractivity contribution in [2.75, 3.05) is 13.6 Å². The van der Waals surface area contributed by atoms with Gasteiger partial charge in [-0.2, -0.15) is 0 Å². The van der Waals surface area contributed by atoms with E-state index < -0.39 is 0 Å². The van der Waals surface area contributed by atoms with Crippen LogP contribution in [0.15, 0.2) is 60.8 Å². The summed E-state index contributed by atoms with van der Waals surface area (Å²) in [5, 5.41) is 4.37. The summed E-state index contributed by atoms with van der Waals surface area (Å²) in [4.78, 5) is 3.26. The number of aromatic amines is 1. The fourth-order valence-corrected chi connectivity index (χ4v) is 2.54. The van der Waals surface area contributed by atoms with E-state index in [1.807, 2.05) is 31.4 Å². The molecule has 0 fully saturated rings. The summed E-state index contributed by atoms with van der Waals surface area (Å²) in [5.74, 6) is 0.905. The summed E-state index contributed by atoms with van der Waals surface area (Å²) in [5.41, 5.74) is 2.26. The molecule has 3 aromatic rings. The number of H-pyrrole nitrogens is 1. The lowest BCUT2D eigenvalue weighted by Gasteiger charge is -2.20. The molecule has 1 heterocycles. The quantitative estimate of drug-likeness (QED) is 0.718. The standard InChI is InChI=1S/C18H20N2O/c1-19-12-11-16(14-6-3-2-4-7-14)21-17-9-5-8-15-10-13-20-18(15)17/h2-10,13,16,19-20H,11-12H2,1H3/t16-/m1/s1. The van der Waals surface area contributed by atoms with E-state index in [2.05, 4.69) is 46.7 Å². The van der Waals surface area contributed by atoms with Crippen LogP contribution in [0.4, 0.5) is 0 Å². The van der Waals surface area contributed by atoms with Crippen molar-refractivity contribution in [2.45, 2.75) is 12.5 Å². The van der Waals surface area contributed by atoms with Crippen LogP contribution in [0.25, 0.3) is 10.9 Å². The van der Waals surface area contributed by atoms with Crippen LogP contribution in [0, 0.1) is 0 Å². The van der Waals surface area contributed by atoms with E-state index in [1.54, 1.807) is 0 Å². The molecule has 0 amide bonds. The molecule has 3 heteroatoms. The second-order valence-corrected chi connectivity index (χ2v) is 5.11. The normalized spacial score (nSPS) is 12.4. The highest BCUT2D eigenvalue weighted by molar-refractivity contribution is 5.85. The van der Waals surface area contributed by atoms with Gasteiger partial charge in [0.25, 0.3) is 0 Å².